The van der Waals surface area contributed by atoms with E-state index in [0.29, 0.717) is 0 Å². The van der Waals surface area contributed by atoms with Gasteiger partial charge in [-0.3, -0.25) is 0 Å². The van der Waals surface area contributed by atoms with Crippen molar-refractivity contribution in [1.29, 1.82) is 0 Å². The van der Waals surface area contributed by atoms with Gasteiger partial charge in [-0.25, -0.2) is 9.97 Å². The Labute approximate surface area is 188 Å². The Hall–Kier alpha value is -3.00. The van der Waals surface area contributed by atoms with Crippen LogP contribution in [-0.2, 0) is 4.74 Å². The molecule has 0 amide bonds. The van der Waals surface area contributed by atoms with Crippen LogP contribution in [0.15, 0.2) is 30.7 Å². The first-order valence-electron chi connectivity index (χ1n) is 11.4. The highest BCUT2D eigenvalue weighted by Crippen LogP contribution is 2.36. The molecule has 2 aliphatic rings. The van der Waals surface area contributed by atoms with Gasteiger partial charge in [0, 0.05) is 37.4 Å². The number of aromatic amines is 1. The number of anilines is 2. The number of fused-ring (bicyclic) bond motifs is 1. The third kappa shape index (κ3) is 4.07. The van der Waals surface area contributed by atoms with Gasteiger partial charge in [-0.2, -0.15) is 0 Å². The van der Waals surface area contributed by atoms with Crippen molar-refractivity contribution in [3.63, 3.8) is 0 Å². The molecule has 5 rings (SSSR count). The third-order valence-electron chi connectivity index (χ3n) is 6.72. The third-order valence-corrected chi connectivity index (χ3v) is 6.72. The molecule has 168 valence electrons. The van der Waals surface area contributed by atoms with Gasteiger partial charge < -0.3 is 19.9 Å². The van der Waals surface area contributed by atoms with Gasteiger partial charge in [0.15, 0.2) is 17.5 Å². The molecular formula is C24H31N7O. The molecule has 32 heavy (non-hydrogen) atoms. The SMILES string of the molecule is Cc1cc(-c2nnc[nH]2)ccc1-c1cnc2c(n1)N(CCC1CCOCC1)C(C)(C)CN2. The largest absolute Gasteiger partial charge is 0.381 e. The number of benzene rings is 1. The predicted octanol–water partition coefficient (Wildman–Crippen LogP) is 4.06. The summed E-state index contributed by atoms with van der Waals surface area (Å²) in [5, 5.41) is 11.5. The van der Waals surface area contributed by atoms with Gasteiger partial charge in [0.25, 0.3) is 0 Å². The van der Waals surface area contributed by atoms with E-state index in [9.17, 15) is 0 Å². The minimum Gasteiger partial charge on any atom is -0.381 e. The lowest BCUT2D eigenvalue weighted by Gasteiger charge is -2.44. The van der Waals surface area contributed by atoms with Crippen molar-refractivity contribution in [2.24, 2.45) is 5.92 Å². The summed E-state index contributed by atoms with van der Waals surface area (Å²) in [6.07, 6.45) is 6.93. The Kier molecular flexibility index (Phi) is 5.55. The van der Waals surface area contributed by atoms with E-state index in [1.807, 2.05) is 6.20 Å². The Morgan fingerprint density at radius 2 is 2.06 bits per heavy atom. The van der Waals surface area contributed by atoms with Crippen LogP contribution in [0.5, 0.6) is 0 Å². The van der Waals surface area contributed by atoms with Crippen molar-refractivity contribution in [3.05, 3.63) is 36.3 Å². The molecule has 2 aromatic heterocycles. The van der Waals surface area contributed by atoms with Gasteiger partial charge in [0.2, 0.25) is 0 Å². The molecule has 1 aromatic carbocycles. The summed E-state index contributed by atoms with van der Waals surface area (Å²) in [7, 11) is 0. The molecule has 0 spiro atoms. The summed E-state index contributed by atoms with van der Waals surface area (Å²) in [5.41, 5.74) is 4.08. The van der Waals surface area contributed by atoms with Crippen molar-refractivity contribution >= 4 is 11.6 Å². The average molecular weight is 434 g/mol. The first-order chi connectivity index (χ1) is 15.5. The number of ether oxygens (including phenoxy) is 1. The number of hydrogen-bond acceptors (Lipinski definition) is 7. The minimum atomic E-state index is -0.0311. The summed E-state index contributed by atoms with van der Waals surface area (Å²) in [4.78, 5) is 15.4. The van der Waals surface area contributed by atoms with Crippen LogP contribution in [0.2, 0.25) is 0 Å². The summed E-state index contributed by atoms with van der Waals surface area (Å²) < 4.78 is 5.54. The second kappa shape index (κ2) is 8.50. The van der Waals surface area contributed by atoms with Crippen molar-refractivity contribution in [3.8, 4) is 22.6 Å². The second-order valence-electron chi connectivity index (χ2n) is 9.46. The van der Waals surface area contributed by atoms with Crippen molar-refractivity contribution in [2.75, 3.05) is 36.5 Å². The fraction of sp³-hybridized carbons (Fsp3) is 0.500. The molecular weight excluding hydrogens is 402 g/mol. The second-order valence-corrected chi connectivity index (χ2v) is 9.46. The maximum atomic E-state index is 5.54. The van der Waals surface area contributed by atoms with E-state index in [1.54, 1.807) is 6.33 Å². The van der Waals surface area contributed by atoms with E-state index >= 15 is 0 Å². The van der Waals surface area contributed by atoms with E-state index in [0.717, 1.165) is 91.3 Å². The highest BCUT2D eigenvalue weighted by atomic mass is 16.5. The van der Waals surface area contributed by atoms with Crippen molar-refractivity contribution in [2.45, 2.75) is 45.6 Å². The summed E-state index contributed by atoms with van der Waals surface area (Å²) in [6.45, 7) is 10.3. The Bertz CT molecular complexity index is 1070. The molecule has 1 saturated heterocycles. The van der Waals surface area contributed by atoms with Crippen LogP contribution in [0.3, 0.4) is 0 Å². The fourth-order valence-electron chi connectivity index (χ4n) is 4.70. The Morgan fingerprint density at radius 1 is 1.22 bits per heavy atom. The fourth-order valence-corrected chi connectivity index (χ4v) is 4.70. The normalized spacial score (nSPS) is 18.3. The number of nitrogens with one attached hydrogen (secondary N) is 2. The van der Waals surface area contributed by atoms with Gasteiger partial charge in [-0.05, 0) is 57.6 Å². The monoisotopic (exact) mass is 433 g/mol. The highest BCUT2D eigenvalue weighted by Gasteiger charge is 2.35. The molecule has 0 saturated carbocycles. The van der Waals surface area contributed by atoms with Crippen molar-refractivity contribution < 1.29 is 4.74 Å². The molecule has 3 aromatic rings. The number of nitrogens with zero attached hydrogens (tertiary/aromatic N) is 5. The molecule has 2 aliphatic heterocycles. The lowest BCUT2D eigenvalue weighted by Crippen LogP contribution is -2.53. The lowest BCUT2D eigenvalue weighted by atomic mass is 9.94. The Balaban J connectivity index is 1.44. The predicted molar refractivity (Wildman–Crippen MR) is 126 cm³/mol. The van der Waals surface area contributed by atoms with Gasteiger partial charge in [0.05, 0.1) is 17.4 Å². The van der Waals surface area contributed by atoms with E-state index in [-0.39, 0.29) is 5.54 Å². The molecule has 1 fully saturated rings. The number of aryl methyl sites for hydroxylation is 1. The zero-order valence-corrected chi connectivity index (χ0v) is 19.1. The van der Waals surface area contributed by atoms with E-state index in [2.05, 4.69) is 64.4 Å². The standard InChI is InChI=1S/C24H31N7O/c1-16-12-18(21-27-15-28-30-21)4-5-19(16)20-13-25-22-23(29-20)31(24(2,3)14-26-22)9-6-17-7-10-32-11-8-17/h4-5,12-13,15,17H,6-11,14H2,1-3H3,(H,25,26)(H,27,28,30). The highest BCUT2D eigenvalue weighted by molar-refractivity contribution is 5.73. The van der Waals surface area contributed by atoms with Crippen LogP contribution in [0.1, 0.15) is 38.7 Å². The summed E-state index contributed by atoms with van der Waals surface area (Å²) in [6, 6.07) is 6.26. The van der Waals surface area contributed by atoms with Crippen LogP contribution >= 0.6 is 0 Å². The van der Waals surface area contributed by atoms with Crippen molar-refractivity contribution in [1.82, 2.24) is 25.1 Å². The van der Waals surface area contributed by atoms with E-state index < -0.39 is 0 Å². The number of rotatable bonds is 5. The number of H-pyrrole nitrogens is 1. The number of hydrogen-bond donors (Lipinski definition) is 2. The van der Waals surface area contributed by atoms with Crippen LogP contribution in [0.25, 0.3) is 22.6 Å². The minimum absolute atomic E-state index is 0.0311. The van der Waals surface area contributed by atoms with Gasteiger partial charge in [-0.1, -0.05) is 12.1 Å². The molecule has 4 heterocycles. The van der Waals surface area contributed by atoms with Crippen LogP contribution in [-0.4, -0.2) is 57.0 Å². The summed E-state index contributed by atoms with van der Waals surface area (Å²) >= 11 is 0. The van der Waals surface area contributed by atoms with Crippen LogP contribution < -0.4 is 10.2 Å². The van der Waals surface area contributed by atoms with Gasteiger partial charge >= 0.3 is 0 Å². The molecule has 0 bridgehead atoms. The molecule has 2 N–H and O–H groups in total. The quantitative estimate of drug-likeness (QED) is 0.627. The topological polar surface area (TPSA) is 91.8 Å². The Morgan fingerprint density at radius 3 is 2.81 bits per heavy atom. The maximum Gasteiger partial charge on any atom is 0.172 e. The molecule has 0 unspecified atom stereocenters. The summed E-state index contributed by atoms with van der Waals surface area (Å²) in [5.74, 6) is 3.31. The first-order valence-corrected chi connectivity index (χ1v) is 11.4. The average Bonchev–Trinajstić information content (AvgIpc) is 3.33. The smallest absolute Gasteiger partial charge is 0.172 e. The van der Waals surface area contributed by atoms with Gasteiger partial charge in [-0.15, -0.1) is 10.2 Å². The maximum absolute atomic E-state index is 5.54. The van der Waals surface area contributed by atoms with E-state index in [4.69, 9.17) is 14.7 Å². The molecule has 8 heteroatoms. The molecule has 8 nitrogen and oxygen atoms in total. The van der Waals surface area contributed by atoms with Gasteiger partial charge in [0.1, 0.15) is 6.33 Å². The van der Waals surface area contributed by atoms with Crippen LogP contribution in [0, 0.1) is 12.8 Å². The molecule has 0 aliphatic carbocycles. The molecule has 0 radical (unpaired) electrons. The van der Waals surface area contributed by atoms with E-state index in [1.165, 1.54) is 0 Å². The molecule has 0 atom stereocenters. The zero-order valence-electron chi connectivity index (χ0n) is 19.1. The zero-order chi connectivity index (χ0) is 22.1. The lowest BCUT2D eigenvalue weighted by molar-refractivity contribution is 0.0641. The first kappa shape index (κ1) is 20.9. The number of aromatic nitrogens is 5. The van der Waals surface area contributed by atoms with Crippen LogP contribution in [0.4, 0.5) is 11.6 Å².